The summed E-state index contributed by atoms with van der Waals surface area (Å²) in [7, 11) is 0. The largest absolute Gasteiger partial charge is 0.457 e. The lowest BCUT2D eigenvalue weighted by molar-refractivity contribution is 0.477. The van der Waals surface area contributed by atoms with Gasteiger partial charge in [-0.05, 0) is 55.0 Å². The molecule has 1 nitrogen and oxygen atoms in total. The molecule has 0 radical (unpaired) electrons. The molecule has 1 saturated carbocycles. The van der Waals surface area contributed by atoms with Gasteiger partial charge in [-0.2, -0.15) is 0 Å². The van der Waals surface area contributed by atoms with Crippen LogP contribution in [-0.2, 0) is 5.41 Å². The van der Waals surface area contributed by atoms with Crippen LogP contribution < -0.4 is 4.74 Å². The maximum Gasteiger partial charge on any atom is 0.127 e. The maximum atomic E-state index is 6.01. The molecule has 0 bridgehead atoms. The summed E-state index contributed by atoms with van der Waals surface area (Å²) in [5, 5.41) is 0. The minimum absolute atomic E-state index is 0.167. The molecule has 0 heterocycles. The number of ether oxygens (including phenoxy) is 1. The highest BCUT2D eigenvalue weighted by atomic mass is 16.5. The van der Waals surface area contributed by atoms with Gasteiger partial charge in [-0.15, -0.1) is 0 Å². The fraction of sp³-hybridized carbons (Fsp3) is 0.364. The zero-order valence-electron chi connectivity index (χ0n) is 14.8. The van der Waals surface area contributed by atoms with Crippen molar-refractivity contribution in [1.82, 2.24) is 0 Å². The summed E-state index contributed by atoms with van der Waals surface area (Å²) in [5.74, 6) is 2.37. The maximum absolute atomic E-state index is 6.01. The van der Waals surface area contributed by atoms with E-state index in [1.807, 2.05) is 36.4 Å². The predicted molar refractivity (Wildman–Crippen MR) is 97.0 cm³/mol. The van der Waals surface area contributed by atoms with Crippen molar-refractivity contribution in [2.24, 2.45) is 11.3 Å². The van der Waals surface area contributed by atoms with Crippen molar-refractivity contribution in [3.05, 3.63) is 71.8 Å². The Bertz CT molecular complexity index is 723. The molecule has 1 heteroatoms. The zero-order valence-corrected chi connectivity index (χ0v) is 14.8. The lowest BCUT2D eigenvalue weighted by Gasteiger charge is -2.16. The Labute approximate surface area is 140 Å². The molecule has 23 heavy (non-hydrogen) atoms. The lowest BCUT2D eigenvalue weighted by atomic mass is 9.89. The van der Waals surface area contributed by atoms with Crippen LogP contribution in [0.4, 0.5) is 0 Å². The van der Waals surface area contributed by atoms with Crippen molar-refractivity contribution >= 4 is 0 Å². The van der Waals surface area contributed by atoms with Crippen molar-refractivity contribution in [1.29, 1.82) is 0 Å². The van der Waals surface area contributed by atoms with Gasteiger partial charge in [0.05, 0.1) is 0 Å². The molecule has 2 aromatic rings. The molecule has 1 fully saturated rings. The van der Waals surface area contributed by atoms with Crippen LogP contribution >= 0.6 is 0 Å². The first-order chi connectivity index (χ1) is 10.9. The van der Waals surface area contributed by atoms with Gasteiger partial charge in [-0.1, -0.05) is 62.8 Å². The van der Waals surface area contributed by atoms with E-state index in [-0.39, 0.29) is 10.8 Å². The van der Waals surface area contributed by atoms with Gasteiger partial charge in [0.2, 0.25) is 0 Å². The highest BCUT2D eigenvalue weighted by Crippen LogP contribution is 2.70. The van der Waals surface area contributed by atoms with E-state index in [9.17, 15) is 0 Å². The highest BCUT2D eigenvalue weighted by molar-refractivity contribution is 5.46. The third kappa shape index (κ3) is 2.69. The number of rotatable bonds is 4. The van der Waals surface area contributed by atoms with Crippen LogP contribution in [-0.4, -0.2) is 0 Å². The molecule has 1 aliphatic carbocycles. The minimum atomic E-state index is 0.167. The Hall–Kier alpha value is -2.02. The first-order valence-corrected chi connectivity index (χ1v) is 8.34. The van der Waals surface area contributed by atoms with Crippen LogP contribution in [0.3, 0.4) is 0 Å². The van der Waals surface area contributed by atoms with Crippen molar-refractivity contribution in [2.75, 3.05) is 0 Å². The zero-order chi connectivity index (χ0) is 16.7. The summed E-state index contributed by atoms with van der Waals surface area (Å²) >= 11 is 0. The second-order valence-electron chi connectivity index (χ2n) is 7.59. The van der Waals surface area contributed by atoms with Crippen molar-refractivity contribution in [3.8, 4) is 11.5 Å². The van der Waals surface area contributed by atoms with Crippen LogP contribution in [0.15, 0.2) is 66.2 Å². The Balaban J connectivity index is 1.90. The number of allylic oxidation sites excluding steroid dienone is 2. The van der Waals surface area contributed by atoms with Crippen LogP contribution in [0.25, 0.3) is 0 Å². The van der Waals surface area contributed by atoms with Crippen molar-refractivity contribution in [2.45, 2.75) is 40.0 Å². The average Bonchev–Trinajstić information content (AvgIpc) is 2.94. The molecule has 0 amide bonds. The average molecular weight is 306 g/mol. The fourth-order valence-electron chi connectivity index (χ4n) is 3.79. The van der Waals surface area contributed by atoms with Crippen LogP contribution in [0, 0.1) is 11.3 Å². The van der Waals surface area contributed by atoms with Gasteiger partial charge in [0.15, 0.2) is 0 Å². The van der Waals surface area contributed by atoms with E-state index in [0.717, 1.165) is 11.5 Å². The van der Waals surface area contributed by atoms with Crippen molar-refractivity contribution < 1.29 is 4.74 Å². The number of hydrogen-bond donors (Lipinski definition) is 0. The third-order valence-electron chi connectivity index (χ3n) is 5.57. The quantitative estimate of drug-likeness (QED) is 0.597. The molecule has 2 aromatic carbocycles. The van der Waals surface area contributed by atoms with E-state index >= 15 is 0 Å². The molecule has 0 saturated heterocycles. The van der Waals surface area contributed by atoms with E-state index < -0.39 is 0 Å². The van der Waals surface area contributed by atoms with Gasteiger partial charge in [0, 0.05) is 5.41 Å². The van der Waals surface area contributed by atoms with Gasteiger partial charge < -0.3 is 4.74 Å². The topological polar surface area (TPSA) is 9.23 Å². The van der Waals surface area contributed by atoms with Gasteiger partial charge in [0.1, 0.15) is 11.5 Å². The fourth-order valence-corrected chi connectivity index (χ4v) is 3.79. The molecule has 0 aromatic heterocycles. The summed E-state index contributed by atoms with van der Waals surface area (Å²) in [4.78, 5) is 0. The highest BCUT2D eigenvalue weighted by Gasteiger charge is 2.67. The van der Waals surface area contributed by atoms with E-state index in [1.54, 1.807) is 0 Å². The van der Waals surface area contributed by atoms with E-state index in [4.69, 9.17) is 4.74 Å². The van der Waals surface area contributed by atoms with E-state index in [1.165, 1.54) is 11.1 Å². The SMILES string of the molecule is CC(C)=CC1C(C)(C)C1(C)c1cccc(Oc2ccccc2)c1. The van der Waals surface area contributed by atoms with E-state index in [2.05, 4.69) is 58.9 Å². The Kier molecular flexibility index (Phi) is 3.83. The molecule has 2 unspecified atom stereocenters. The van der Waals surface area contributed by atoms with E-state index in [0.29, 0.717) is 5.92 Å². The lowest BCUT2D eigenvalue weighted by Crippen LogP contribution is -2.09. The first kappa shape index (κ1) is 15.9. The summed E-state index contributed by atoms with van der Waals surface area (Å²) < 4.78 is 6.01. The third-order valence-corrected chi connectivity index (χ3v) is 5.57. The molecule has 2 atom stereocenters. The van der Waals surface area contributed by atoms with Crippen molar-refractivity contribution in [3.63, 3.8) is 0 Å². The number of hydrogen-bond acceptors (Lipinski definition) is 1. The summed E-state index contributed by atoms with van der Waals surface area (Å²) in [6, 6.07) is 18.5. The minimum Gasteiger partial charge on any atom is -0.457 e. The Morgan fingerprint density at radius 1 is 0.913 bits per heavy atom. The molecule has 0 spiro atoms. The molecule has 1 aliphatic rings. The summed E-state index contributed by atoms with van der Waals surface area (Å²) in [6.07, 6.45) is 2.42. The molecular weight excluding hydrogens is 280 g/mol. The summed E-state index contributed by atoms with van der Waals surface area (Å²) in [6.45, 7) is 11.5. The Morgan fingerprint density at radius 2 is 1.57 bits per heavy atom. The van der Waals surface area contributed by atoms with Gasteiger partial charge >= 0.3 is 0 Å². The standard InChI is InChI=1S/C22H26O/c1-16(2)14-20-21(3,4)22(20,5)17-10-9-13-19(15-17)23-18-11-7-6-8-12-18/h6-15,20H,1-5H3. The second kappa shape index (κ2) is 5.56. The molecule has 0 N–H and O–H groups in total. The molecule has 3 rings (SSSR count). The van der Waals surface area contributed by atoms with Gasteiger partial charge in [-0.25, -0.2) is 0 Å². The molecule has 120 valence electrons. The molecule has 0 aliphatic heterocycles. The second-order valence-corrected chi connectivity index (χ2v) is 7.59. The predicted octanol–water partition coefficient (Wildman–Crippen LogP) is 6.36. The number of para-hydroxylation sites is 1. The van der Waals surface area contributed by atoms with Crippen LogP contribution in [0.2, 0.25) is 0 Å². The molecular formula is C22H26O. The Morgan fingerprint density at radius 3 is 2.22 bits per heavy atom. The first-order valence-electron chi connectivity index (χ1n) is 8.34. The number of benzene rings is 2. The van der Waals surface area contributed by atoms with Crippen LogP contribution in [0.5, 0.6) is 11.5 Å². The monoisotopic (exact) mass is 306 g/mol. The summed E-state index contributed by atoms with van der Waals surface area (Å²) in [5.41, 5.74) is 3.19. The van der Waals surface area contributed by atoms with Gasteiger partial charge in [-0.3, -0.25) is 0 Å². The van der Waals surface area contributed by atoms with Crippen LogP contribution in [0.1, 0.15) is 40.2 Å². The smallest absolute Gasteiger partial charge is 0.127 e. The van der Waals surface area contributed by atoms with Gasteiger partial charge in [0.25, 0.3) is 0 Å². The normalized spacial score (nSPS) is 24.8.